The van der Waals surface area contributed by atoms with Crippen LogP contribution in [0.15, 0.2) is 54.6 Å². The average molecular weight is 487 g/mol. The number of carbonyl (C=O) groups excluding carboxylic acids is 4. The van der Waals surface area contributed by atoms with Gasteiger partial charge in [0.05, 0.1) is 38.8 Å². The molecule has 2 aromatic rings. The number of hydrogen-bond donors (Lipinski definition) is 1. The minimum absolute atomic E-state index is 0.00705. The Kier molecular flexibility index (Phi) is 6.54. The quantitative estimate of drug-likeness (QED) is 0.381. The van der Waals surface area contributed by atoms with Crippen molar-refractivity contribution in [2.75, 3.05) is 16.8 Å². The fraction of sp³-hybridized carbons (Fsp3) is 0.250. The molecule has 7 nitrogen and oxygen atoms in total. The minimum atomic E-state index is -0.723. The monoisotopic (exact) mass is 486 g/mol. The maximum absolute atomic E-state index is 12.9. The number of esters is 1. The fourth-order valence-corrected chi connectivity index (χ4v) is 4.50. The van der Waals surface area contributed by atoms with Gasteiger partial charge in [-0.05, 0) is 48.7 Å². The zero-order valence-electron chi connectivity index (χ0n) is 17.6. The van der Waals surface area contributed by atoms with Crippen LogP contribution in [-0.2, 0) is 19.1 Å². The first-order valence-corrected chi connectivity index (χ1v) is 11.1. The van der Waals surface area contributed by atoms with E-state index in [0.29, 0.717) is 17.8 Å². The van der Waals surface area contributed by atoms with Crippen molar-refractivity contribution >= 4 is 58.3 Å². The predicted octanol–water partition coefficient (Wildman–Crippen LogP) is 4.49. The summed E-state index contributed by atoms with van der Waals surface area (Å²) in [4.78, 5) is 51.3. The summed E-state index contributed by atoms with van der Waals surface area (Å²) >= 11 is 11.9. The molecule has 9 heteroatoms. The van der Waals surface area contributed by atoms with Gasteiger partial charge in [0.25, 0.3) is 5.91 Å². The SMILES string of the molecule is C[C@@H]1C=CC[C@H]2C(=O)N(c3ccc(C(=O)OCC(=O)Nc4cccc(Cl)c4Cl)cc3)C(=O)[C@@H]12. The fourth-order valence-electron chi connectivity index (χ4n) is 4.15. The number of allylic oxidation sites excluding steroid dienone is 2. The molecule has 1 aliphatic carbocycles. The Hall–Kier alpha value is -3.16. The molecule has 3 atom stereocenters. The first kappa shape index (κ1) is 23.0. The van der Waals surface area contributed by atoms with Crippen LogP contribution in [0.1, 0.15) is 23.7 Å². The summed E-state index contributed by atoms with van der Waals surface area (Å²) < 4.78 is 5.05. The van der Waals surface area contributed by atoms with Gasteiger partial charge in [-0.2, -0.15) is 0 Å². The highest BCUT2D eigenvalue weighted by Gasteiger charge is 2.50. The number of rotatable bonds is 5. The summed E-state index contributed by atoms with van der Waals surface area (Å²) in [5.74, 6) is -2.48. The number of ether oxygens (including phenoxy) is 1. The maximum atomic E-state index is 12.9. The van der Waals surface area contributed by atoms with E-state index < -0.39 is 18.5 Å². The first-order valence-electron chi connectivity index (χ1n) is 10.3. The third-order valence-electron chi connectivity index (χ3n) is 5.79. The van der Waals surface area contributed by atoms with Gasteiger partial charge < -0.3 is 10.1 Å². The maximum Gasteiger partial charge on any atom is 0.338 e. The highest BCUT2D eigenvalue weighted by molar-refractivity contribution is 6.44. The van der Waals surface area contributed by atoms with Crippen LogP contribution in [0, 0.1) is 17.8 Å². The zero-order chi connectivity index (χ0) is 23.7. The molecule has 0 bridgehead atoms. The number of hydrogen-bond acceptors (Lipinski definition) is 5. The molecule has 33 heavy (non-hydrogen) atoms. The van der Waals surface area contributed by atoms with Crippen LogP contribution in [-0.4, -0.2) is 30.3 Å². The van der Waals surface area contributed by atoms with E-state index in [4.69, 9.17) is 27.9 Å². The largest absolute Gasteiger partial charge is 0.452 e. The summed E-state index contributed by atoms with van der Waals surface area (Å²) in [6.07, 6.45) is 4.45. The molecule has 1 fully saturated rings. The van der Waals surface area contributed by atoms with Crippen LogP contribution < -0.4 is 10.2 Å². The second-order valence-electron chi connectivity index (χ2n) is 7.94. The molecule has 2 aromatic carbocycles. The van der Waals surface area contributed by atoms with Crippen LogP contribution >= 0.6 is 23.2 Å². The van der Waals surface area contributed by atoms with Crippen molar-refractivity contribution < 1.29 is 23.9 Å². The number of anilines is 2. The number of imide groups is 1. The van der Waals surface area contributed by atoms with Crippen molar-refractivity contribution in [3.05, 3.63) is 70.2 Å². The number of benzene rings is 2. The topological polar surface area (TPSA) is 92.8 Å². The molecule has 4 rings (SSSR count). The van der Waals surface area contributed by atoms with E-state index in [1.54, 1.807) is 18.2 Å². The zero-order valence-corrected chi connectivity index (χ0v) is 19.1. The number of amides is 3. The Morgan fingerprint density at radius 1 is 1.09 bits per heavy atom. The third-order valence-corrected chi connectivity index (χ3v) is 6.61. The smallest absolute Gasteiger partial charge is 0.338 e. The highest BCUT2D eigenvalue weighted by Crippen LogP contribution is 2.40. The van der Waals surface area contributed by atoms with Gasteiger partial charge in [-0.15, -0.1) is 0 Å². The molecule has 0 saturated carbocycles. The Bertz CT molecular complexity index is 1160. The number of fused-ring (bicyclic) bond motifs is 1. The van der Waals surface area contributed by atoms with Crippen molar-refractivity contribution in [3.63, 3.8) is 0 Å². The Balaban J connectivity index is 1.38. The molecule has 0 unspecified atom stereocenters. The molecular weight excluding hydrogens is 467 g/mol. The van der Waals surface area contributed by atoms with E-state index in [1.165, 1.54) is 29.2 Å². The highest BCUT2D eigenvalue weighted by atomic mass is 35.5. The van der Waals surface area contributed by atoms with Gasteiger partial charge in [0, 0.05) is 0 Å². The van der Waals surface area contributed by atoms with Crippen LogP contribution in [0.25, 0.3) is 0 Å². The van der Waals surface area contributed by atoms with Gasteiger partial charge in [-0.1, -0.05) is 48.3 Å². The van der Waals surface area contributed by atoms with E-state index in [9.17, 15) is 19.2 Å². The second-order valence-corrected chi connectivity index (χ2v) is 8.72. The molecule has 0 aromatic heterocycles. The normalized spacial score (nSPS) is 21.7. The van der Waals surface area contributed by atoms with Gasteiger partial charge in [-0.3, -0.25) is 19.3 Å². The van der Waals surface area contributed by atoms with E-state index in [1.807, 2.05) is 19.1 Å². The number of nitrogens with zero attached hydrogens (tertiary/aromatic N) is 1. The molecule has 170 valence electrons. The second kappa shape index (κ2) is 9.37. The number of halogens is 2. The Morgan fingerprint density at radius 3 is 2.52 bits per heavy atom. The lowest BCUT2D eigenvalue weighted by Gasteiger charge is -2.22. The van der Waals surface area contributed by atoms with Crippen LogP contribution in [0.4, 0.5) is 11.4 Å². The molecule has 1 N–H and O–H groups in total. The van der Waals surface area contributed by atoms with Crippen molar-refractivity contribution in [2.24, 2.45) is 17.8 Å². The summed E-state index contributed by atoms with van der Waals surface area (Å²) in [5.41, 5.74) is 0.884. The number of nitrogens with one attached hydrogen (secondary N) is 1. The van der Waals surface area contributed by atoms with Gasteiger partial charge in [0.1, 0.15) is 0 Å². The van der Waals surface area contributed by atoms with Crippen LogP contribution in [0.2, 0.25) is 10.0 Å². The van der Waals surface area contributed by atoms with Gasteiger partial charge in [0.15, 0.2) is 6.61 Å². The molecule has 2 aliphatic rings. The molecule has 3 amide bonds. The van der Waals surface area contributed by atoms with Crippen LogP contribution in [0.3, 0.4) is 0 Å². The predicted molar refractivity (Wildman–Crippen MR) is 124 cm³/mol. The van der Waals surface area contributed by atoms with Crippen molar-refractivity contribution in [1.82, 2.24) is 0 Å². The number of carbonyl (C=O) groups is 4. The summed E-state index contributed by atoms with van der Waals surface area (Å²) in [7, 11) is 0. The molecule has 1 saturated heterocycles. The van der Waals surface area contributed by atoms with E-state index in [-0.39, 0.29) is 45.2 Å². The van der Waals surface area contributed by atoms with Crippen molar-refractivity contribution in [1.29, 1.82) is 0 Å². The van der Waals surface area contributed by atoms with Gasteiger partial charge >= 0.3 is 5.97 Å². The lowest BCUT2D eigenvalue weighted by molar-refractivity contribution is -0.123. The molecule has 0 radical (unpaired) electrons. The van der Waals surface area contributed by atoms with Crippen molar-refractivity contribution in [3.8, 4) is 0 Å². The molecule has 1 aliphatic heterocycles. The minimum Gasteiger partial charge on any atom is -0.452 e. The molecular formula is C24H20Cl2N2O5. The summed E-state index contributed by atoms with van der Waals surface area (Å²) in [5, 5.41) is 2.99. The standard InChI is InChI=1S/C24H20Cl2N2O5/c1-13-4-2-5-16-20(13)23(31)28(22(16)30)15-10-8-14(9-11-15)24(32)33-12-19(29)27-18-7-3-6-17(25)21(18)26/h2-4,6-11,13,16,20H,5,12H2,1H3,(H,27,29)/t13-,16-,20+/m1/s1. The van der Waals surface area contributed by atoms with Crippen molar-refractivity contribution in [2.45, 2.75) is 13.3 Å². The van der Waals surface area contributed by atoms with E-state index in [2.05, 4.69) is 5.32 Å². The van der Waals surface area contributed by atoms with Gasteiger partial charge in [-0.25, -0.2) is 4.79 Å². The van der Waals surface area contributed by atoms with Gasteiger partial charge in [0.2, 0.25) is 11.8 Å². The molecule has 1 heterocycles. The average Bonchev–Trinajstić information content (AvgIpc) is 3.06. The molecule has 0 spiro atoms. The Morgan fingerprint density at radius 2 is 1.82 bits per heavy atom. The van der Waals surface area contributed by atoms with E-state index >= 15 is 0 Å². The summed E-state index contributed by atoms with van der Waals surface area (Å²) in [6.45, 7) is 1.40. The summed E-state index contributed by atoms with van der Waals surface area (Å²) in [6, 6.07) is 10.7. The third kappa shape index (κ3) is 4.51. The first-order chi connectivity index (χ1) is 15.8. The Labute approximate surface area is 200 Å². The van der Waals surface area contributed by atoms with Crippen LogP contribution in [0.5, 0.6) is 0 Å². The van der Waals surface area contributed by atoms with E-state index in [0.717, 1.165) is 0 Å². The lowest BCUT2D eigenvalue weighted by Crippen LogP contribution is -2.31. The lowest BCUT2D eigenvalue weighted by atomic mass is 9.78.